The molecule has 1 aromatic rings. The van der Waals surface area contributed by atoms with Crippen molar-refractivity contribution in [2.45, 2.75) is 51.6 Å². The number of nitrogens with zero attached hydrogens (tertiary/aromatic N) is 1. The topological polar surface area (TPSA) is 63.1 Å². The number of amides is 2. The number of nitrogens with one attached hydrogen (secondary N) is 2. The van der Waals surface area contributed by atoms with Crippen LogP contribution < -0.4 is 10.6 Å². The Hall–Kier alpha value is -1.78. The minimum absolute atomic E-state index is 0.00870. The van der Waals surface area contributed by atoms with Gasteiger partial charge < -0.3 is 15.2 Å². The zero-order chi connectivity index (χ0) is 15.2. The highest BCUT2D eigenvalue weighted by Crippen LogP contribution is 2.16. The molecular weight excluding hydrogens is 254 g/mol. The zero-order valence-corrected chi connectivity index (χ0v) is 12.8. The van der Waals surface area contributed by atoms with E-state index < -0.39 is 5.54 Å². The average Bonchev–Trinajstić information content (AvgIpc) is 2.90. The lowest BCUT2D eigenvalue weighted by atomic mass is 9.97. The highest BCUT2D eigenvalue weighted by molar-refractivity contribution is 5.81. The smallest absolute Gasteiger partial charge is 0.243 e. The first-order valence-electron chi connectivity index (χ1n) is 7.04. The van der Waals surface area contributed by atoms with Crippen molar-refractivity contribution in [3.8, 4) is 0 Å². The molecule has 0 spiro atoms. The quantitative estimate of drug-likeness (QED) is 0.800. The van der Waals surface area contributed by atoms with Gasteiger partial charge in [-0.1, -0.05) is 6.92 Å². The second kappa shape index (κ2) is 7.12. The number of carbonyl (C=O) groups is 2. The molecule has 0 aliphatic rings. The molecule has 1 atom stereocenters. The fourth-order valence-electron chi connectivity index (χ4n) is 2.12. The van der Waals surface area contributed by atoms with Crippen LogP contribution in [0.3, 0.4) is 0 Å². The Morgan fingerprint density at radius 3 is 2.35 bits per heavy atom. The van der Waals surface area contributed by atoms with Crippen molar-refractivity contribution >= 4 is 11.8 Å². The summed E-state index contributed by atoms with van der Waals surface area (Å²) in [6, 6.07) is 3.61. The third-order valence-electron chi connectivity index (χ3n) is 3.39. The molecule has 112 valence electrons. The van der Waals surface area contributed by atoms with E-state index in [1.807, 2.05) is 49.9 Å². The van der Waals surface area contributed by atoms with Crippen LogP contribution >= 0.6 is 0 Å². The summed E-state index contributed by atoms with van der Waals surface area (Å²) >= 11 is 0. The van der Waals surface area contributed by atoms with Gasteiger partial charge in [0.25, 0.3) is 0 Å². The minimum atomic E-state index is -0.399. The highest BCUT2D eigenvalue weighted by atomic mass is 16.2. The van der Waals surface area contributed by atoms with Crippen molar-refractivity contribution in [1.29, 1.82) is 0 Å². The Balaban J connectivity index is 2.61. The van der Waals surface area contributed by atoms with Gasteiger partial charge in [-0.3, -0.25) is 9.59 Å². The summed E-state index contributed by atoms with van der Waals surface area (Å²) < 4.78 is 1.91. The predicted molar refractivity (Wildman–Crippen MR) is 79.3 cm³/mol. The van der Waals surface area contributed by atoms with Gasteiger partial charge in [-0.25, -0.2) is 0 Å². The molecule has 0 aliphatic carbocycles. The van der Waals surface area contributed by atoms with E-state index in [0.717, 1.165) is 6.42 Å². The van der Waals surface area contributed by atoms with Crippen molar-refractivity contribution in [3.63, 3.8) is 0 Å². The van der Waals surface area contributed by atoms with Crippen LogP contribution in [0.5, 0.6) is 0 Å². The van der Waals surface area contributed by atoms with E-state index in [4.69, 9.17) is 0 Å². The third kappa shape index (κ3) is 4.72. The molecular formula is C15H25N3O2. The van der Waals surface area contributed by atoms with Gasteiger partial charge in [0.2, 0.25) is 11.8 Å². The number of carbonyl (C=O) groups excluding carboxylic acids is 2. The van der Waals surface area contributed by atoms with Crippen LogP contribution in [0.1, 0.15) is 46.1 Å². The predicted octanol–water partition coefficient (Wildman–Crippen LogP) is 1.86. The molecule has 0 fully saturated rings. The molecule has 2 N–H and O–H groups in total. The van der Waals surface area contributed by atoms with Gasteiger partial charge in [0.15, 0.2) is 0 Å². The summed E-state index contributed by atoms with van der Waals surface area (Å²) in [4.78, 5) is 23.7. The van der Waals surface area contributed by atoms with Crippen molar-refractivity contribution in [3.05, 3.63) is 24.5 Å². The summed E-state index contributed by atoms with van der Waals surface area (Å²) in [6.45, 7) is 5.87. The van der Waals surface area contributed by atoms with Gasteiger partial charge in [-0.2, -0.15) is 0 Å². The Kier molecular flexibility index (Phi) is 5.80. The molecule has 2 amide bonds. The van der Waals surface area contributed by atoms with Gasteiger partial charge in [-0.05, 0) is 38.8 Å². The molecule has 0 saturated carbocycles. The normalized spacial score (nSPS) is 12.8. The first-order chi connectivity index (χ1) is 9.39. The summed E-state index contributed by atoms with van der Waals surface area (Å²) in [5.74, 6) is -0.0182. The van der Waals surface area contributed by atoms with Crippen LogP contribution in [0.25, 0.3) is 0 Å². The summed E-state index contributed by atoms with van der Waals surface area (Å²) in [6.07, 6.45) is 5.53. The zero-order valence-electron chi connectivity index (χ0n) is 12.8. The molecule has 0 saturated heterocycles. The molecule has 1 aromatic heterocycles. The van der Waals surface area contributed by atoms with E-state index in [2.05, 4.69) is 10.6 Å². The minimum Gasteiger partial charge on any atom is -0.359 e. The number of hydrogen-bond acceptors (Lipinski definition) is 2. The molecule has 1 rings (SSSR count). The Morgan fingerprint density at radius 1 is 1.25 bits per heavy atom. The van der Waals surface area contributed by atoms with Crippen LogP contribution in [0.4, 0.5) is 0 Å². The number of aromatic nitrogens is 1. The molecule has 0 aliphatic heterocycles. The van der Waals surface area contributed by atoms with E-state index in [-0.39, 0.29) is 17.9 Å². The maximum atomic E-state index is 12.4. The van der Waals surface area contributed by atoms with Crippen LogP contribution in [-0.4, -0.2) is 29.0 Å². The summed E-state index contributed by atoms with van der Waals surface area (Å²) in [5, 5.41) is 5.63. The standard InChI is InChI=1S/C15H25N3O2/c1-5-12(18-10-6-7-11-18)14(20)17-15(2,3)9-8-13(19)16-4/h6-7,10-12H,5,8-9H2,1-4H3,(H,16,19)(H,17,20). The molecule has 5 nitrogen and oxygen atoms in total. The fourth-order valence-corrected chi connectivity index (χ4v) is 2.12. The molecule has 0 aromatic carbocycles. The van der Waals surface area contributed by atoms with Gasteiger partial charge in [0.1, 0.15) is 6.04 Å². The van der Waals surface area contributed by atoms with Gasteiger partial charge >= 0.3 is 0 Å². The van der Waals surface area contributed by atoms with Gasteiger partial charge in [-0.15, -0.1) is 0 Å². The summed E-state index contributed by atoms with van der Waals surface area (Å²) in [7, 11) is 1.62. The second-order valence-corrected chi connectivity index (χ2v) is 5.60. The molecule has 1 heterocycles. The monoisotopic (exact) mass is 279 g/mol. The molecule has 0 radical (unpaired) electrons. The lowest BCUT2D eigenvalue weighted by Crippen LogP contribution is -2.46. The SMILES string of the molecule is CCC(C(=O)NC(C)(C)CCC(=O)NC)n1cccc1. The van der Waals surface area contributed by atoms with E-state index in [0.29, 0.717) is 12.8 Å². The molecule has 0 bridgehead atoms. The number of hydrogen-bond donors (Lipinski definition) is 2. The van der Waals surface area contributed by atoms with Crippen LogP contribution in [0, 0.1) is 0 Å². The molecule has 1 unspecified atom stereocenters. The van der Waals surface area contributed by atoms with E-state index >= 15 is 0 Å². The van der Waals surface area contributed by atoms with E-state index in [1.54, 1.807) is 7.05 Å². The second-order valence-electron chi connectivity index (χ2n) is 5.60. The van der Waals surface area contributed by atoms with Crippen LogP contribution in [0.2, 0.25) is 0 Å². The Labute approximate surface area is 120 Å². The third-order valence-corrected chi connectivity index (χ3v) is 3.39. The van der Waals surface area contributed by atoms with Crippen molar-refractivity contribution in [1.82, 2.24) is 15.2 Å². The van der Waals surface area contributed by atoms with Crippen LogP contribution in [0.15, 0.2) is 24.5 Å². The van der Waals surface area contributed by atoms with Crippen LogP contribution in [-0.2, 0) is 9.59 Å². The molecule has 20 heavy (non-hydrogen) atoms. The average molecular weight is 279 g/mol. The maximum absolute atomic E-state index is 12.4. The van der Waals surface area contributed by atoms with Crippen molar-refractivity contribution in [2.75, 3.05) is 7.05 Å². The Bertz CT molecular complexity index is 438. The highest BCUT2D eigenvalue weighted by Gasteiger charge is 2.26. The molecule has 5 heteroatoms. The van der Waals surface area contributed by atoms with Gasteiger partial charge in [0, 0.05) is 31.4 Å². The lowest BCUT2D eigenvalue weighted by Gasteiger charge is -2.29. The maximum Gasteiger partial charge on any atom is 0.243 e. The Morgan fingerprint density at radius 2 is 1.85 bits per heavy atom. The van der Waals surface area contributed by atoms with E-state index in [9.17, 15) is 9.59 Å². The van der Waals surface area contributed by atoms with Gasteiger partial charge in [0.05, 0.1) is 0 Å². The van der Waals surface area contributed by atoms with Crippen molar-refractivity contribution in [2.24, 2.45) is 0 Å². The summed E-state index contributed by atoms with van der Waals surface area (Å²) in [5.41, 5.74) is -0.399. The lowest BCUT2D eigenvalue weighted by molar-refractivity contribution is -0.127. The first-order valence-corrected chi connectivity index (χ1v) is 7.04. The largest absolute Gasteiger partial charge is 0.359 e. The van der Waals surface area contributed by atoms with E-state index in [1.165, 1.54) is 0 Å². The fraction of sp³-hybridized carbons (Fsp3) is 0.600. The first kappa shape index (κ1) is 16.3. The van der Waals surface area contributed by atoms with Crippen molar-refractivity contribution < 1.29 is 9.59 Å². The number of rotatable bonds is 7.